The Morgan fingerprint density at radius 1 is 1.24 bits per heavy atom. The fourth-order valence-corrected chi connectivity index (χ4v) is 2.69. The average Bonchev–Trinajstić information content (AvgIpc) is 3.11. The molecular weight excluding hydrogens is 329 g/mol. The summed E-state index contributed by atoms with van der Waals surface area (Å²) in [6.45, 7) is 1.23. The number of halogens is 1. The van der Waals surface area contributed by atoms with Crippen LogP contribution < -0.4 is 3.53 Å². The van der Waals surface area contributed by atoms with Crippen LogP contribution in [0.5, 0.6) is 5.88 Å². The summed E-state index contributed by atoms with van der Waals surface area (Å²) in [5, 5.41) is 4.24. The van der Waals surface area contributed by atoms with Crippen molar-refractivity contribution < 1.29 is 7.92 Å². The Balaban J connectivity index is 2.26. The van der Waals surface area contributed by atoms with Crippen molar-refractivity contribution in [1.82, 2.24) is 19.3 Å². The van der Waals surface area contributed by atoms with Crippen LogP contribution in [-0.2, 0) is 6.67 Å². The van der Waals surface area contributed by atoms with E-state index >= 15 is 0 Å². The molecule has 3 rings (SSSR count). The Hall–Kier alpha value is -1.99. The van der Waals surface area contributed by atoms with Crippen LogP contribution in [0.2, 0.25) is 0 Å². The van der Waals surface area contributed by atoms with Gasteiger partial charge in [0, 0.05) is 0 Å². The monoisotopic (exact) mass is 341 g/mol. The second kappa shape index (κ2) is 5.78. The van der Waals surface area contributed by atoms with Crippen LogP contribution in [0.25, 0.3) is 11.6 Å². The van der Waals surface area contributed by atoms with Crippen LogP contribution in [-0.4, -0.2) is 38.3 Å². The molecule has 21 heavy (non-hydrogen) atoms. The minimum atomic E-state index is -0.615. The van der Waals surface area contributed by atoms with Crippen molar-refractivity contribution in [2.75, 3.05) is 0 Å². The summed E-state index contributed by atoms with van der Waals surface area (Å²) in [7, 11) is 0. The predicted molar refractivity (Wildman–Crippen MR) is 78.0 cm³/mol. The van der Waals surface area contributed by atoms with Gasteiger partial charge in [-0.3, -0.25) is 0 Å². The minimum absolute atomic E-state index is 0.405. The molecule has 0 saturated heterocycles. The van der Waals surface area contributed by atoms with Gasteiger partial charge in [-0.05, 0) is 0 Å². The molecule has 1 aromatic carbocycles. The molecule has 0 aliphatic carbocycles. The Morgan fingerprint density at radius 2 is 2.00 bits per heavy atom. The fraction of sp³-hybridized carbons (Fsp3) is 0.143. The van der Waals surface area contributed by atoms with Crippen molar-refractivity contribution >= 4 is 19.0 Å². The van der Waals surface area contributed by atoms with Gasteiger partial charge in [0.05, 0.1) is 0 Å². The molecule has 0 atom stereocenters. The number of rotatable bonds is 4. The Labute approximate surface area is 131 Å². The van der Waals surface area contributed by atoms with Gasteiger partial charge >= 0.3 is 131 Å². The maximum absolute atomic E-state index is 13.2. The van der Waals surface area contributed by atoms with Crippen molar-refractivity contribution in [2.45, 2.75) is 13.6 Å². The first-order valence-corrected chi connectivity index (χ1v) is 7.63. The number of para-hydroxylation sites is 1. The second-order valence-corrected chi connectivity index (χ2v) is 5.08. The summed E-state index contributed by atoms with van der Waals surface area (Å²) in [4.78, 5) is 4.38. The zero-order valence-corrected chi connectivity index (χ0v) is 14.5. The molecule has 0 aliphatic heterocycles. The van der Waals surface area contributed by atoms with Crippen LogP contribution in [0.15, 0.2) is 42.6 Å². The molecule has 0 spiro atoms. The van der Waals surface area contributed by atoms with Gasteiger partial charge in [0.15, 0.2) is 0 Å². The Bertz CT molecular complexity index is 754. The average molecular weight is 342 g/mol. The van der Waals surface area contributed by atoms with E-state index in [1.54, 1.807) is 16.9 Å². The van der Waals surface area contributed by atoms with Gasteiger partial charge < -0.3 is 0 Å². The second-order valence-electron chi connectivity index (χ2n) is 4.47. The van der Waals surface area contributed by atoms with Crippen LogP contribution in [0.3, 0.4) is 0 Å². The molecule has 3 aromatic rings. The number of hydrogen-bond donors (Lipinski definition) is 0. The van der Waals surface area contributed by atoms with Crippen molar-refractivity contribution in [2.24, 2.45) is 0 Å². The summed E-state index contributed by atoms with van der Waals surface area (Å²) < 4.78 is 22.0. The van der Waals surface area contributed by atoms with Gasteiger partial charge in [-0.25, -0.2) is 0 Å². The molecule has 105 valence electrons. The molecule has 0 saturated carbocycles. The Kier molecular flexibility index (Phi) is 3.85. The standard InChI is InChI=1S/C14H13FN4O.Ga.H/c1-10-12(9-15)17-14(19-13(20)7-8-16-19)18(10)11-5-3-2-4-6-11;;/h2-8,20H,9H2,1H3;;/q;+1;/p-1. The zero-order valence-electron chi connectivity index (χ0n) is 11.5. The number of imidazole rings is 1. The van der Waals surface area contributed by atoms with Gasteiger partial charge in [-0.2, -0.15) is 0 Å². The van der Waals surface area contributed by atoms with Gasteiger partial charge in [-0.1, -0.05) is 0 Å². The molecule has 0 amide bonds. The van der Waals surface area contributed by atoms with E-state index in [4.69, 9.17) is 3.53 Å². The Morgan fingerprint density at radius 3 is 2.67 bits per heavy atom. The van der Waals surface area contributed by atoms with E-state index in [1.165, 1.54) is 0 Å². The van der Waals surface area contributed by atoms with Crippen LogP contribution >= 0.6 is 0 Å². The van der Waals surface area contributed by atoms with Gasteiger partial charge in [0.25, 0.3) is 0 Å². The molecular formula is C14H13FGaN4O. The van der Waals surface area contributed by atoms with E-state index in [0.29, 0.717) is 36.5 Å². The van der Waals surface area contributed by atoms with E-state index in [1.807, 2.05) is 41.8 Å². The third-order valence-corrected chi connectivity index (χ3v) is 3.89. The zero-order chi connectivity index (χ0) is 14.8. The quantitative estimate of drug-likeness (QED) is 0.682. The van der Waals surface area contributed by atoms with Crippen LogP contribution in [0.4, 0.5) is 4.39 Å². The van der Waals surface area contributed by atoms with E-state index in [9.17, 15) is 4.39 Å². The van der Waals surface area contributed by atoms with Gasteiger partial charge in [0.1, 0.15) is 0 Å². The number of nitrogens with zero attached hydrogens (tertiary/aromatic N) is 4. The molecule has 5 nitrogen and oxygen atoms in total. The molecule has 2 heterocycles. The topological polar surface area (TPSA) is 44.9 Å². The summed E-state index contributed by atoms with van der Waals surface area (Å²) in [6, 6.07) is 11.5. The first-order chi connectivity index (χ1) is 10.3. The summed E-state index contributed by atoms with van der Waals surface area (Å²) in [5.41, 5.74) is 2.07. The third-order valence-electron chi connectivity index (χ3n) is 3.27. The molecule has 1 radical (unpaired) electrons. The molecule has 0 fully saturated rings. The fourth-order valence-electron chi connectivity index (χ4n) is 2.24. The predicted octanol–water partition coefficient (Wildman–Crippen LogP) is 2.03. The maximum atomic E-state index is 13.2. The van der Waals surface area contributed by atoms with Crippen LogP contribution in [0.1, 0.15) is 11.4 Å². The molecule has 0 bridgehead atoms. The van der Waals surface area contributed by atoms with Crippen molar-refractivity contribution in [3.63, 3.8) is 0 Å². The molecule has 2 aromatic heterocycles. The number of benzene rings is 1. The molecule has 7 heteroatoms. The van der Waals surface area contributed by atoms with Crippen molar-refractivity contribution in [1.29, 1.82) is 0 Å². The summed E-state index contributed by atoms with van der Waals surface area (Å²) >= 11 is 0.646. The van der Waals surface area contributed by atoms with E-state index in [2.05, 4.69) is 10.1 Å². The molecule has 0 aliphatic rings. The third kappa shape index (κ3) is 2.38. The summed E-state index contributed by atoms with van der Waals surface area (Å²) in [6.07, 6.45) is 1.64. The van der Waals surface area contributed by atoms with E-state index in [0.717, 1.165) is 11.4 Å². The molecule has 0 unspecified atom stereocenters. The van der Waals surface area contributed by atoms with Crippen molar-refractivity contribution in [3.8, 4) is 17.5 Å². The normalized spacial score (nSPS) is 10.8. The summed E-state index contributed by atoms with van der Waals surface area (Å²) in [5.74, 6) is 1.13. The number of aromatic nitrogens is 4. The van der Waals surface area contributed by atoms with Gasteiger partial charge in [-0.15, -0.1) is 0 Å². The first-order valence-electron chi connectivity index (χ1n) is 6.42. The number of alkyl halides is 1. The van der Waals surface area contributed by atoms with E-state index in [-0.39, 0.29) is 0 Å². The van der Waals surface area contributed by atoms with Gasteiger partial charge in [0.2, 0.25) is 0 Å². The number of hydrogen-bond acceptors (Lipinski definition) is 3. The van der Waals surface area contributed by atoms with Crippen molar-refractivity contribution in [3.05, 3.63) is 54.0 Å². The first kappa shape index (κ1) is 14.0. The SMILES string of the molecule is Cc1c(CF)nc(-n2nccc2[O][GaH])n1-c1ccccc1. The van der Waals surface area contributed by atoms with Crippen LogP contribution in [0, 0.1) is 6.92 Å². The molecule has 0 N–H and O–H groups in total. The van der Waals surface area contributed by atoms with E-state index < -0.39 is 6.67 Å².